The highest BCUT2D eigenvalue weighted by Crippen LogP contribution is 2.24. The average molecular weight is 285 g/mol. The molecule has 0 saturated carbocycles. The summed E-state index contributed by atoms with van der Waals surface area (Å²) in [5.74, 6) is 0.741. The molecule has 1 atom stereocenters. The molecule has 1 aromatic rings. The van der Waals surface area contributed by atoms with E-state index in [9.17, 15) is 13.5 Å². The van der Waals surface area contributed by atoms with Gasteiger partial charge in [0.1, 0.15) is 5.82 Å². The van der Waals surface area contributed by atoms with Crippen molar-refractivity contribution < 1.29 is 13.5 Å². The lowest BCUT2D eigenvalue weighted by Gasteiger charge is -2.35. The predicted molar refractivity (Wildman–Crippen MR) is 73.5 cm³/mol. The van der Waals surface area contributed by atoms with Crippen molar-refractivity contribution in [3.63, 3.8) is 0 Å². The van der Waals surface area contributed by atoms with Crippen molar-refractivity contribution in [1.29, 1.82) is 0 Å². The molecule has 2 rings (SSSR count). The van der Waals surface area contributed by atoms with E-state index in [2.05, 4.69) is 4.98 Å². The zero-order valence-corrected chi connectivity index (χ0v) is 12.0. The fourth-order valence-corrected chi connectivity index (χ4v) is 3.06. The number of sulfonamides is 1. The fourth-order valence-electron chi connectivity index (χ4n) is 2.23. The van der Waals surface area contributed by atoms with E-state index >= 15 is 0 Å². The van der Waals surface area contributed by atoms with Gasteiger partial charge in [-0.2, -0.15) is 4.31 Å². The van der Waals surface area contributed by atoms with E-state index in [1.165, 1.54) is 10.6 Å². The molecule has 1 N–H and O–H groups in total. The molecular formula is C12H19N3O3S. The third-order valence-corrected chi connectivity index (χ3v) is 4.58. The van der Waals surface area contributed by atoms with Gasteiger partial charge in [0.2, 0.25) is 10.0 Å². The minimum Gasteiger partial charge on any atom is -0.389 e. The Kier molecular flexibility index (Phi) is 4.07. The summed E-state index contributed by atoms with van der Waals surface area (Å²) in [6.07, 6.45) is 2.33. The molecule has 7 heteroatoms. The van der Waals surface area contributed by atoms with E-state index in [1.807, 2.05) is 11.0 Å². The van der Waals surface area contributed by atoms with Gasteiger partial charge in [-0.25, -0.2) is 13.4 Å². The van der Waals surface area contributed by atoms with Crippen LogP contribution in [0, 0.1) is 0 Å². The summed E-state index contributed by atoms with van der Waals surface area (Å²) < 4.78 is 24.4. The first-order chi connectivity index (χ1) is 8.89. The SMILES string of the molecule is CC(O)c1cccnc1N1CCN(S(C)(=O)=O)CC1. The molecule has 0 radical (unpaired) electrons. The van der Waals surface area contributed by atoms with Crippen LogP contribution in [0.2, 0.25) is 0 Å². The Morgan fingerprint density at radius 2 is 1.95 bits per heavy atom. The van der Waals surface area contributed by atoms with E-state index in [0.29, 0.717) is 26.2 Å². The third kappa shape index (κ3) is 3.23. The normalized spacial score (nSPS) is 19.4. The second-order valence-corrected chi connectivity index (χ2v) is 6.72. The summed E-state index contributed by atoms with van der Waals surface area (Å²) in [7, 11) is -3.12. The molecule has 19 heavy (non-hydrogen) atoms. The zero-order chi connectivity index (χ0) is 14.0. The van der Waals surface area contributed by atoms with Crippen molar-refractivity contribution >= 4 is 15.8 Å². The molecule has 1 aliphatic heterocycles. The molecule has 6 nitrogen and oxygen atoms in total. The maximum Gasteiger partial charge on any atom is 0.211 e. The van der Waals surface area contributed by atoms with Crippen molar-refractivity contribution in [3.05, 3.63) is 23.9 Å². The number of hydrogen-bond donors (Lipinski definition) is 1. The Balaban J connectivity index is 2.14. The van der Waals surface area contributed by atoms with Crippen LogP contribution < -0.4 is 4.90 Å². The van der Waals surface area contributed by atoms with Crippen LogP contribution in [0.15, 0.2) is 18.3 Å². The molecule has 1 fully saturated rings. The van der Waals surface area contributed by atoms with Gasteiger partial charge in [-0.3, -0.25) is 0 Å². The maximum atomic E-state index is 11.5. The summed E-state index contributed by atoms with van der Waals surface area (Å²) in [5.41, 5.74) is 0.773. The second-order valence-electron chi connectivity index (χ2n) is 4.74. The van der Waals surface area contributed by atoms with Crippen LogP contribution >= 0.6 is 0 Å². The Morgan fingerprint density at radius 3 is 2.47 bits per heavy atom. The first-order valence-electron chi connectivity index (χ1n) is 6.22. The van der Waals surface area contributed by atoms with Gasteiger partial charge in [0.25, 0.3) is 0 Å². The van der Waals surface area contributed by atoms with Crippen LogP contribution in [0.5, 0.6) is 0 Å². The average Bonchev–Trinajstić information content (AvgIpc) is 2.38. The third-order valence-electron chi connectivity index (χ3n) is 3.27. The Morgan fingerprint density at radius 1 is 1.32 bits per heavy atom. The lowest BCUT2D eigenvalue weighted by molar-refractivity contribution is 0.199. The molecule has 0 aromatic carbocycles. The summed E-state index contributed by atoms with van der Waals surface area (Å²) in [4.78, 5) is 6.33. The standard InChI is InChI=1S/C12H19N3O3S/c1-10(16)11-4-3-5-13-12(11)14-6-8-15(9-7-14)19(2,17)18/h3-5,10,16H,6-9H2,1-2H3. The van der Waals surface area contributed by atoms with E-state index in [0.717, 1.165) is 11.4 Å². The van der Waals surface area contributed by atoms with Crippen molar-refractivity contribution in [1.82, 2.24) is 9.29 Å². The van der Waals surface area contributed by atoms with Crippen LogP contribution in [0.25, 0.3) is 0 Å². The smallest absolute Gasteiger partial charge is 0.211 e. The highest BCUT2D eigenvalue weighted by atomic mass is 32.2. The van der Waals surface area contributed by atoms with Gasteiger partial charge < -0.3 is 10.0 Å². The number of anilines is 1. The van der Waals surface area contributed by atoms with E-state index in [-0.39, 0.29) is 0 Å². The Hall–Kier alpha value is -1.18. The second kappa shape index (κ2) is 5.44. The number of pyridine rings is 1. The van der Waals surface area contributed by atoms with Gasteiger partial charge in [0.05, 0.1) is 12.4 Å². The monoisotopic (exact) mass is 285 g/mol. The minimum atomic E-state index is -3.12. The Labute approximate surface area is 113 Å². The van der Waals surface area contributed by atoms with Gasteiger partial charge in [-0.1, -0.05) is 6.07 Å². The first kappa shape index (κ1) is 14.2. The fraction of sp³-hybridized carbons (Fsp3) is 0.583. The molecule has 0 aliphatic carbocycles. The summed E-state index contributed by atoms with van der Waals surface area (Å²) in [6.45, 7) is 3.78. The number of nitrogens with zero attached hydrogens (tertiary/aromatic N) is 3. The number of aliphatic hydroxyl groups excluding tert-OH is 1. The molecule has 1 unspecified atom stereocenters. The van der Waals surface area contributed by atoms with Crippen LogP contribution in [0.3, 0.4) is 0 Å². The quantitative estimate of drug-likeness (QED) is 0.860. The largest absolute Gasteiger partial charge is 0.389 e. The van der Waals surface area contributed by atoms with E-state index < -0.39 is 16.1 Å². The van der Waals surface area contributed by atoms with Gasteiger partial charge >= 0.3 is 0 Å². The molecule has 1 saturated heterocycles. The van der Waals surface area contributed by atoms with E-state index in [1.54, 1.807) is 19.2 Å². The van der Waals surface area contributed by atoms with Crippen molar-refractivity contribution in [3.8, 4) is 0 Å². The first-order valence-corrected chi connectivity index (χ1v) is 8.07. The van der Waals surface area contributed by atoms with Crippen LogP contribution in [0.4, 0.5) is 5.82 Å². The van der Waals surface area contributed by atoms with Crippen molar-refractivity contribution in [2.75, 3.05) is 37.3 Å². The highest BCUT2D eigenvalue weighted by Gasteiger charge is 2.25. The zero-order valence-electron chi connectivity index (χ0n) is 11.2. The minimum absolute atomic E-state index is 0.453. The molecule has 0 spiro atoms. The molecule has 2 heterocycles. The predicted octanol–water partition coefficient (Wildman–Crippen LogP) is 0.216. The molecule has 106 valence electrons. The van der Waals surface area contributed by atoms with Crippen LogP contribution in [0.1, 0.15) is 18.6 Å². The van der Waals surface area contributed by atoms with Crippen molar-refractivity contribution in [2.45, 2.75) is 13.0 Å². The highest BCUT2D eigenvalue weighted by molar-refractivity contribution is 7.88. The molecule has 0 amide bonds. The summed E-state index contributed by atoms with van der Waals surface area (Å²) in [5, 5.41) is 9.74. The lowest BCUT2D eigenvalue weighted by atomic mass is 10.1. The summed E-state index contributed by atoms with van der Waals surface area (Å²) >= 11 is 0. The van der Waals surface area contributed by atoms with Crippen LogP contribution in [-0.2, 0) is 10.0 Å². The van der Waals surface area contributed by atoms with E-state index in [4.69, 9.17) is 0 Å². The molecule has 1 aliphatic rings. The van der Waals surface area contributed by atoms with Gasteiger partial charge in [-0.05, 0) is 13.0 Å². The number of hydrogen-bond acceptors (Lipinski definition) is 5. The van der Waals surface area contributed by atoms with Gasteiger partial charge in [0.15, 0.2) is 0 Å². The molecular weight excluding hydrogens is 266 g/mol. The number of aliphatic hydroxyl groups is 1. The topological polar surface area (TPSA) is 73.7 Å². The maximum absolute atomic E-state index is 11.5. The molecule has 1 aromatic heterocycles. The summed E-state index contributed by atoms with van der Waals surface area (Å²) in [6, 6.07) is 3.63. The van der Waals surface area contributed by atoms with Gasteiger partial charge in [-0.15, -0.1) is 0 Å². The number of aromatic nitrogens is 1. The van der Waals surface area contributed by atoms with Gasteiger partial charge in [0, 0.05) is 37.9 Å². The lowest BCUT2D eigenvalue weighted by Crippen LogP contribution is -2.48. The number of piperazine rings is 1. The van der Waals surface area contributed by atoms with Crippen molar-refractivity contribution in [2.24, 2.45) is 0 Å². The Bertz CT molecular complexity index is 537. The molecule has 0 bridgehead atoms. The number of rotatable bonds is 3. The van der Waals surface area contributed by atoms with Crippen LogP contribution in [-0.4, -0.2) is 55.2 Å².